The van der Waals surface area contributed by atoms with E-state index in [4.69, 9.17) is 37.0 Å². The quantitative estimate of drug-likeness (QED) is 0.0169. The van der Waals surface area contributed by atoms with Crippen molar-refractivity contribution in [2.75, 3.05) is 39.6 Å². The molecule has 0 amide bonds. The topological polar surface area (TPSA) is 237 Å². The van der Waals surface area contributed by atoms with E-state index < -0.39 is 97.5 Å². The predicted octanol–water partition coefficient (Wildman–Crippen LogP) is 24.9. The Morgan fingerprint density at radius 1 is 0.274 bits per heavy atom. The smallest absolute Gasteiger partial charge is 0.462 e. The highest BCUT2D eigenvalue weighted by Gasteiger charge is 2.30. The molecular weight excluding hydrogens is 1380 g/mol. The molecule has 612 valence electrons. The second-order valence-electron chi connectivity index (χ2n) is 28.0. The molecule has 106 heavy (non-hydrogen) atoms. The third kappa shape index (κ3) is 77.9. The van der Waals surface area contributed by atoms with E-state index in [1.54, 1.807) is 0 Å². The minimum atomic E-state index is -4.99. The highest BCUT2D eigenvalue weighted by molar-refractivity contribution is 7.47. The van der Waals surface area contributed by atoms with Crippen LogP contribution in [0.2, 0.25) is 0 Å². The Bertz CT molecular complexity index is 2430. The summed E-state index contributed by atoms with van der Waals surface area (Å²) in [5, 5.41) is 10.7. The van der Waals surface area contributed by atoms with E-state index in [0.717, 1.165) is 173 Å². The molecule has 0 fully saturated rings. The Hall–Kier alpha value is -4.28. The largest absolute Gasteiger partial charge is 0.472 e. The van der Waals surface area contributed by atoms with Crippen LogP contribution in [0.4, 0.5) is 0 Å². The first kappa shape index (κ1) is 102. The molecule has 0 rings (SSSR count). The average molecular weight is 1530 g/mol. The van der Waals surface area contributed by atoms with Gasteiger partial charge in [-0.1, -0.05) is 310 Å². The number of carbonyl (C=O) groups is 4. The molecular formula is C87H152O17P2. The van der Waals surface area contributed by atoms with E-state index in [1.807, 2.05) is 0 Å². The number of esters is 4. The van der Waals surface area contributed by atoms with Gasteiger partial charge < -0.3 is 33.8 Å². The van der Waals surface area contributed by atoms with E-state index in [0.29, 0.717) is 25.7 Å². The molecule has 0 heterocycles. The van der Waals surface area contributed by atoms with Gasteiger partial charge in [-0.25, -0.2) is 9.13 Å². The van der Waals surface area contributed by atoms with Gasteiger partial charge in [0.15, 0.2) is 12.2 Å². The van der Waals surface area contributed by atoms with E-state index in [1.165, 1.54) is 109 Å². The molecule has 17 nitrogen and oxygen atoms in total. The zero-order chi connectivity index (χ0) is 77.4. The molecule has 0 aromatic rings. The molecule has 0 bridgehead atoms. The van der Waals surface area contributed by atoms with Gasteiger partial charge in [0.05, 0.1) is 26.4 Å². The van der Waals surface area contributed by atoms with Crippen LogP contribution < -0.4 is 0 Å². The minimum Gasteiger partial charge on any atom is -0.462 e. The second kappa shape index (κ2) is 78.8. The summed E-state index contributed by atoms with van der Waals surface area (Å²) < 4.78 is 68.7. The highest BCUT2D eigenvalue weighted by atomic mass is 31.2. The molecule has 0 saturated heterocycles. The van der Waals surface area contributed by atoms with Crippen LogP contribution in [0.15, 0.2) is 109 Å². The van der Waals surface area contributed by atoms with E-state index in [9.17, 15) is 43.2 Å². The number of unbranched alkanes of at least 4 members (excludes halogenated alkanes) is 35. The van der Waals surface area contributed by atoms with Crippen LogP contribution in [0.1, 0.15) is 362 Å². The molecule has 19 heteroatoms. The number of aliphatic hydroxyl groups is 1. The number of hydrogen-bond acceptors (Lipinski definition) is 15. The Morgan fingerprint density at radius 2 is 0.491 bits per heavy atom. The summed E-state index contributed by atoms with van der Waals surface area (Å²) in [6, 6.07) is 0. The Labute approximate surface area is 645 Å². The zero-order valence-corrected chi connectivity index (χ0v) is 68.9. The highest BCUT2D eigenvalue weighted by Crippen LogP contribution is 2.45. The molecule has 0 aromatic carbocycles. The molecule has 5 atom stereocenters. The van der Waals surface area contributed by atoms with Gasteiger partial charge in [0.25, 0.3) is 0 Å². The Kier molecular flexibility index (Phi) is 75.6. The molecule has 0 radical (unpaired) electrons. The van der Waals surface area contributed by atoms with Crippen molar-refractivity contribution in [3.05, 3.63) is 109 Å². The molecule has 0 aromatic heterocycles. The number of ether oxygens (including phenoxy) is 4. The summed E-state index contributed by atoms with van der Waals surface area (Å²) in [6.07, 6.45) is 86.2. The molecule has 5 unspecified atom stereocenters. The third-order valence-corrected chi connectivity index (χ3v) is 19.6. The number of rotatable bonds is 79. The van der Waals surface area contributed by atoms with E-state index >= 15 is 0 Å². The fraction of sp³-hybridized carbons (Fsp3) is 0.747. The SMILES string of the molecule is CC/C=C\C/C=C\C/C=C\C/C=C\C/C=C\CCCCCC(=O)OCC(COP(=O)(O)OCC(O)COP(=O)(O)OCC(COC(=O)CCCCCCC/C=C\CCCCCCCC)OC(=O)CCCCCCCCCCCCCCC)OC(=O)CCCCCCCC/C=C\C/C=C\C/C=C\CCCCC. The number of aliphatic hydroxyl groups excluding tert-OH is 1. The van der Waals surface area contributed by atoms with Gasteiger partial charge >= 0.3 is 39.5 Å². The van der Waals surface area contributed by atoms with Crippen molar-refractivity contribution in [1.29, 1.82) is 0 Å². The molecule has 0 spiro atoms. The van der Waals surface area contributed by atoms with Crippen LogP contribution in [0, 0.1) is 0 Å². The maximum absolute atomic E-state index is 13.1. The number of phosphoric acid groups is 2. The lowest BCUT2D eigenvalue weighted by Crippen LogP contribution is -2.30. The van der Waals surface area contributed by atoms with Crippen molar-refractivity contribution < 1.29 is 80.2 Å². The lowest BCUT2D eigenvalue weighted by molar-refractivity contribution is -0.161. The molecule has 3 N–H and O–H groups in total. The van der Waals surface area contributed by atoms with Crippen LogP contribution in [0.25, 0.3) is 0 Å². The fourth-order valence-corrected chi connectivity index (χ4v) is 12.9. The summed E-state index contributed by atoms with van der Waals surface area (Å²) >= 11 is 0. The summed E-state index contributed by atoms with van der Waals surface area (Å²) in [5.74, 6) is -2.21. The normalized spacial score (nSPS) is 14.4. The van der Waals surface area contributed by atoms with Gasteiger partial charge in [-0.15, -0.1) is 0 Å². The second-order valence-corrected chi connectivity index (χ2v) is 30.9. The van der Waals surface area contributed by atoms with E-state index in [-0.39, 0.29) is 25.7 Å². The first-order chi connectivity index (χ1) is 51.7. The van der Waals surface area contributed by atoms with Crippen LogP contribution in [0.5, 0.6) is 0 Å². The lowest BCUT2D eigenvalue weighted by Gasteiger charge is -2.21. The van der Waals surface area contributed by atoms with Gasteiger partial charge in [0, 0.05) is 25.7 Å². The van der Waals surface area contributed by atoms with Crippen molar-refractivity contribution in [3.63, 3.8) is 0 Å². The van der Waals surface area contributed by atoms with Crippen LogP contribution >= 0.6 is 15.6 Å². The summed E-state index contributed by atoms with van der Waals surface area (Å²) in [4.78, 5) is 73.2. The summed E-state index contributed by atoms with van der Waals surface area (Å²) in [6.45, 7) is 4.72. The monoisotopic (exact) mass is 1530 g/mol. The number of allylic oxidation sites excluding steroid dienone is 18. The zero-order valence-electron chi connectivity index (χ0n) is 67.1. The van der Waals surface area contributed by atoms with Gasteiger partial charge in [-0.3, -0.25) is 37.3 Å². The number of phosphoric ester groups is 2. The summed E-state index contributed by atoms with van der Waals surface area (Å²) in [5.41, 5.74) is 0. The molecule has 0 aliphatic heterocycles. The third-order valence-electron chi connectivity index (χ3n) is 17.7. The Balaban J connectivity index is 5.40. The van der Waals surface area contributed by atoms with E-state index in [2.05, 4.69) is 137 Å². The standard InChI is InChI=1S/C87H152O17P2/c1-5-9-13-17-21-25-29-33-36-38-40-42-45-49-52-56-60-64-68-72-85(90)98-78-83(104-87(92)74-70-66-62-58-54-50-46-43-41-39-37-34-30-26-22-18-14-10-6-2)80-102-106(95,96)100-76-81(88)75-99-105(93,94)101-79-82(103-86(91)73-69-65-61-57-53-47-32-28-24-20-16-12-8-4)77-97-84(89)71-67-63-59-55-51-48-44-35-31-27-23-19-15-11-7-3/h9,13,21-22,25-26,33-37,40-44,49,52,81-83,88H,5-8,10-12,14-20,23-24,27-32,38-39,45-48,50-51,53-80H2,1-4H3,(H,93,94)(H,95,96)/b13-9-,25-21-,26-22-,36-33-,37-34-,42-40-,43-41-,44-35-,52-49-. The fourth-order valence-electron chi connectivity index (χ4n) is 11.3. The van der Waals surface area contributed by atoms with Crippen LogP contribution in [-0.2, 0) is 65.4 Å². The van der Waals surface area contributed by atoms with Gasteiger partial charge in [0.1, 0.15) is 19.3 Å². The lowest BCUT2D eigenvalue weighted by atomic mass is 10.0. The Morgan fingerprint density at radius 3 is 0.792 bits per heavy atom. The number of hydrogen-bond donors (Lipinski definition) is 3. The van der Waals surface area contributed by atoms with Gasteiger partial charge in [0.2, 0.25) is 0 Å². The molecule has 0 aliphatic rings. The maximum Gasteiger partial charge on any atom is 0.472 e. The van der Waals surface area contributed by atoms with Crippen molar-refractivity contribution in [2.45, 2.75) is 380 Å². The van der Waals surface area contributed by atoms with Gasteiger partial charge in [-0.2, -0.15) is 0 Å². The van der Waals surface area contributed by atoms with Crippen LogP contribution in [-0.4, -0.2) is 96.7 Å². The number of carbonyl (C=O) groups excluding carboxylic acids is 4. The maximum atomic E-state index is 13.1. The molecule has 0 aliphatic carbocycles. The van der Waals surface area contributed by atoms with Crippen molar-refractivity contribution in [3.8, 4) is 0 Å². The van der Waals surface area contributed by atoms with Crippen LogP contribution in [0.3, 0.4) is 0 Å². The average Bonchev–Trinajstić information content (AvgIpc) is 0.903. The first-order valence-electron chi connectivity index (χ1n) is 42.1. The summed E-state index contributed by atoms with van der Waals surface area (Å²) in [7, 11) is -9.97. The minimum absolute atomic E-state index is 0.0716. The van der Waals surface area contributed by atoms with Crippen molar-refractivity contribution in [1.82, 2.24) is 0 Å². The first-order valence-corrected chi connectivity index (χ1v) is 45.1. The van der Waals surface area contributed by atoms with Crippen molar-refractivity contribution in [2.24, 2.45) is 0 Å². The predicted molar refractivity (Wildman–Crippen MR) is 436 cm³/mol. The van der Waals surface area contributed by atoms with Crippen molar-refractivity contribution >= 4 is 39.5 Å². The van der Waals surface area contributed by atoms with Gasteiger partial charge in [-0.05, 0) is 135 Å². The molecule has 0 saturated carbocycles.